The molecule has 0 fully saturated rings. The predicted octanol–water partition coefficient (Wildman–Crippen LogP) is 0.904. The lowest BCUT2D eigenvalue weighted by Crippen LogP contribution is -2.34. The number of hydrogen-bond donors (Lipinski definition) is 2. The Morgan fingerprint density at radius 3 is 2.45 bits per heavy atom. The molecule has 0 heterocycles. The largest absolute Gasteiger partial charge is 0.354 e. The maximum absolute atomic E-state index is 13.3. The highest BCUT2D eigenvalue weighted by Crippen LogP contribution is 2.08. The summed E-state index contributed by atoms with van der Waals surface area (Å²) < 4.78 is 13.3. The van der Waals surface area contributed by atoms with Crippen LogP contribution >= 0.6 is 0 Å². The van der Waals surface area contributed by atoms with Gasteiger partial charge >= 0.3 is 0 Å². The van der Waals surface area contributed by atoms with E-state index in [9.17, 15) is 14.0 Å². The molecule has 2 amide bonds. The van der Waals surface area contributed by atoms with Crippen molar-refractivity contribution in [1.82, 2.24) is 10.6 Å². The summed E-state index contributed by atoms with van der Waals surface area (Å²) in [5, 5.41) is 13.4. The minimum atomic E-state index is -0.367. The van der Waals surface area contributed by atoms with Crippen molar-refractivity contribution in [2.75, 3.05) is 13.1 Å². The van der Waals surface area contributed by atoms with E-state index in [0.717, 1.165) is 0 Å². The van der Waals surface area contributed by atoms with Crippen LogP contribution in [0.5, 0.6) is 0 Å². The van der Waals surface area contributed by atoms with E-state index in [1.807, 2.05) is 0 Å². The van der Waals surface area contributed by atoms with E-state index in [1.54, 1.807) is 24.3 Å². The van der Waals surface area contributed by atoms with Gasteiger partial charge in [-0.1, -0.05) is 18.2 Å². The van der Waals surface area contributed by atoms with Gasteiger partial charge in [0.25, 0.3) is 0 Å². The monoisotopic (exact) mass is 277 g/mol. The first-order valence-electron chi connectivity index (χ1n) is 6.27. The van der Waals surface area contributed by atoms with Crippen LogP contribution in [0.25, 0.3) is 0 Å². The van der Waals surface area contributed by atoms with Crippen LogP contribution in [0.2, 0.25) is 0 Å². The molecule has 5 nitrogen and oxygen atoms in total. The van der Waals surface area contributed by atoms with Crippen LogP contribution in [-0.2, 0) is 16.0 Å². The summed E-state index contributed by atoms with van der Waals surface area (Å²) in [5.41, 5.74) is 0.505. The van der Waals surface area contributed by atoms with Crippen molar-refractivity contribution in [2.24, 2.45) is 0 Å². The predicted molar refractivity (Wildman–Crippen MR) is 71.0 cm³/mol. The summed E-state index contributed by atoms with van der Waals surface area (Å²) in [7, 11) is 0. The summed E-state index contributed by atoms with van der Waals surface area (Å²) in [6, 6.07) is 8.05. The van der Waals surface area contributed by atoms with Gasteiger partial charge in [0, 0.05) is 19.5 Å². The van der Waals surface area contributed by atoms with Crippen molar-refractivity contribution in [2.45, 2.75) is 19.3 Å². The highest BCUT2D eigenvalue weighted by Gasteiger charge is 2.05. The molecule has 1 rings (SSSR count). The molecule has 106 valence electrons. The third kappa shape index (κ3) is 5.96. The Hall–Kier alpha value is -2.42. The number of halogens is 1. The second-order valence-electron chi connectivity index (χ2n) is 4.13. The second kappa shape index (κ2) is 8.64. The van der Waals surface area contributed by atoms with Crippen LogP contribution < -0.4 is 10.6 Å². The van der Waals surface area contributed by atoms with Crippen molar-refractivity contribution in [3.8, 4) is 6.07 Å². The Morgan fingerprint density at radius 2 is 1.80 bits per heavy atom. The van der Waals surface area contributed by atoms with Crippen molar-refractivity contribution in [1.29, 1.82) is 5.26 Å². The number of amides is 2. The number of rotatable bonds is 7. The molecule has 0 aliphatic rings. The minimum Gasteiger partial charge on any atom is -0.354 e. The zero-order valence-electron chi connectivity index (χ0n) is 11.0. The average Bonchev–Trinajstić information content (AvgIpc) is 2.43. The van der Waals surface area contributed by atoms with Crippen LogP contribution in [0.3, 0.4) is 0 Å². The number of hydrogen-bond acceptors (Lipinski definition) is 3. The zero-order chi connectivity index (χ0) is 14.8. The van der Waals surface area contributed by atoms with Crippen LogP contribution in [0.15, 0.2) is 24.3 Å². The Bertz CT molecular complexity index is 511. The number of nitrogens with zero attached hydrogens (tertiary/aromatic N) is 1. The van der Waals surface area contributed by atoms with E-state index in [1.165, 1.54) is 6.07 Å². The molecule has 0 saturated carbocycles. The van der Waals surface area contributed by atoms with Gasteiger partial charge in [-0.15, -0.1) is 0 Å². The van der Waals surface area contributed by atoms with Crippen LogP contribution in [0, 0.1) is 17.1 Å². The Kier molecular flexibility index (Phi) is 6.76. The summed E-state index contributed by atoms with van der Waals surface area (Å²) >= 11 is 0. The van der Waals surface area contributed by atoms with E-state index >= 15 is 0 Å². The van der Waals surface area contributed by atoms with Crippen LogP contribution in [0.1, 0.15) is 18.4 Å². The quantitative estimate of drug-likeness (QED) is 0.727. The molecule has 0 bridgehead atoms. The molecule has 0 atom stereocenters. The number of nitrogens with one attached hydrogen (secondary N) is 2. The first-order chi connectivity index (χ1) is 9.63. The van der Waals surface area contributed by atoms with E-state index < -0.39 is 0 Å². The lowest BCUT2D eigenvalue weighted by Gasteiger charge is -2.06. The van der Waals surface area contributed by atoms with Gasteiger partial charge in [-0.05, 0) is 18.1 Å². The molecule has 0 spiro atoms. The molecule has 0 aromatic heterocycles. The summed E-state index contributed by atoms with van der Waals surface area (Å²) in [5.74, 6) is -0.889. The van der Waals surface area contributed by atoms with E-state index in [4.69, 9.17) is 5.26 Å². The molecule has 2 N–H and O–H groups in total. The lowest BCUT2D eigenvalue weighted by molar-refractivity contribution is -0.122. The first-order valence-corrected chi connectivity index (χ1v) is 6.27. The molecule has 0 aliphatic heterocycles. The van der Waals surface area contributed by atoms with Gasteiger partial charge in [0.1, 0.15) is 12.2 Å². The Balaban J connectivity index is 2.17. The fourth-order valence-corrected chi connectivity index (χ4v) is 1.58. The minimum absolute atomic E-state index is 0.188. The molecule has 1 aromatic rings. The molecular formula is C14H16FN3O2. The fraction of sp³-hybridized carbons (Fsp3) is 0.357. The molecule has 0 radical (unpaired) electrons. The van der Waals surface area contributed by atoms with Gasteiger partial charge in [0.2, 0.25) is 11.8 Å². The highest BCUT2D eigenvalue weighted by atomic mass is 19.1. The maximum Gasteiger partial charge on any atom is 0.234 e. The van der Waals surface area contributed by atoms with Gasteiger partial charge in [-0.25, -0.2) is 4.39 Å². The standard InChI is InChI=1S/C14H16FN3O2/c15-12-4-2-1-3-11(12)5-6-13(19)17-9-10-18-14(20)7-8-16/h1-4H,5-7,9-10H2,(H,17,19)(H,18,20). The average molecular weight is 277 g/mol. The van der Waals surface area contributed by atoms with Crippen molar-refractivity contribution < 1.29 is 14.0 Å². The second-order valence-corrected chi connectivity index (χ2v) is 4.13. The van der Waals surface area contributed by atoms with Crippen molar-refractivity contribution >= 4 is 11.8 Å². The first kappa shape index (κ1) is 15.6. The molecule has 0 aliphatic carbocycles. The van der Waals surface area contributed by atoms with Crippen LogP contribution in [0.4, 0.5) is 4.39 Å². The fourth-order valence-electron chi connectivity index (χ4n) is 1.58. The third-order valence-corrected chi connectivity index (χ3v) is 2.59. The van der Waals surface area contributed by atoms with Gasteiger partial charge in [-0.2, -0.15) is 5.26 Å². The third-order valence-electron chi connectivity index (χ3n) is 2.59. The van der Waals surface area contributed by atoms with E-state index in [2.05, 4.69) is 10.6 Å². The molecule has 0 saturated heterocycles. The lowest BCUT2D eigenvalue weighted by atomic mass is 10.1. The van der Waals surface area contributed by atoms with Gasteiger partial charge in [-0.3, -0.25) is 9.59 Å². The van der Waals surface area contributed by atoms with Gasteiger partial charge in [0.05, 0.1) is 6.07 Å². The molecule has 0 unspecified atom stereocenters. The highest BCUT2D eigenvalue weighted by molar-refractivity contribution is 5.78. The van der Waals surface area contributed by atoms with Crippen LogP contribution in [-0.4, -0.2) is 24.9 Å². The van der Waals surface area contributed by atoms with Crippen molar-refractivity contribution in [3.63, 3.8) is 0 Å². The van der Waals surface area contributed by atoms with E-state index in [0.29, 0.717) is 12.0 Å². The Morgan fingerprint density at radius 1 is 1.15 bits per heavy atom. The van der Waals surface area contributed by atoms with Gasteiger partial charge < -0.3 is 10.6 Å². The number of carbonyl (C=O) groups excluding carboxylic acids is 2. The smallest absolute Gasteiger partial charge is 0.234 e. The number of nitriles is 1. The zero-order valence-corrected chi connectivity index (χ0v) is 11.0. The number of carbonyl (C=O) groups is 2. The normalized spacial score (nSPS) is 9.60. The molecule has 1 aromatic carbocycles. The summed E-state index contributed by atoms with van der Waals surface area (Å²) in [6.07, 6.45) is 0.327. The SMILES string of the molecule is N#CCC(=O)NCCNC(=O)CCc1ccccc1F. The van der Waals surface area contributed by atoms with E-state index in [-0.39, 0.29) is 43.6 Å². The maximum atomic E-state index is 13.3. The molecular weight excluding hydrogens is 261 g/mol. The summed E-state index contributed by atoms with van der Waals surface area (Å²) in [4.78, 5) is 22.4. The number of benzene rings is 1. The topological polar surface area (TPSA) is 82.0 Å². The molecule has 20 heavy (non-hydrogen) atoms. The number of aryl methyl sites for hydroxylation is 1. The van der Waals surface area contributed by atoms with Crippen molar-refractivity contribution in [3.05, 3.63) is 35.6 Å². The Labute approximate surface area is 116 Å². The van der Waals surface area contributed by atoms with Gasteiger partial charge in [0.15, 0.2) is 0 Å². The molecule has 6 heteroatoms. The summed E-state index contributed by atoms with van der Waals surface area (Å²) in [6.45, 7) is 0.555.